The van der Waals surface area contributed by atoms with E-state index in [4.69, 9.17) is 10.5 Å². The van der Waals surface area contributed by atoms with Crippen LogP contribution in [0.15, 0.2) is 6.08 Å². The minimum absolute atomic E-state index is 0.465. The van der Waals surface area contributed by atoms with Gasteiger partial charge in [-0.1, -0.05) is 0 Å². The second kappa shape index (κ2) is 4.09. The van der Waals surface area contributed by atoms with Crippen molar-refractivity contribution in [3.05, 3.63) is 27.0 Å². The third kappa shape index (κ3) is 1.69. The molecule has 1 aromatic heterocycles. The van der Waals surface area contributed by atoms with E-state index in [1.165, 1.54) is 11.0 Å². The number of aryl methyl sites for hydroxylation is 2. The summed E-state index contributed by atoms with van der Waals surface area (Å²) in [6, 6.07) is 3.96. The van der Waals surface area contributed by atoms with Gasteiger partial charge in [0.1, 0.15) is 6.07 Å². The molecule has 0 spiro atoms. The third-order valence-corrected chi connectivity index (χ3v) is 3.28. The van der Waals surface area contributed by atoms with E-state index in [1.54, 1.807) is 11.3 Å². The number of nitrogens with zero attached hydrogens (tertiary/aromatic N) is 2. The Morgan fingerprint density at radius 2 is 1.86 bits per heavy atom. The molecule has 0 radical (unpaired) electrons. The Hall–Kier alpha value is -1.58. The van der Waals surface area contributed by atoms with Gasteiger partial charge in [0.05, 0.1) is 11.6 Å². The van der Waals surface area contributed by atoms with Gasteiger partial charge in [0.2, 0.25) is 0 Å². The van der Waals surface area contributed by atoms with Gasteiger partial charge in [-0.2, -0.15) is 10.5 Å². The maximum absolute atomic E-state index is 8.90. The Balaban J connectivity index is 3.41. The zero-order chi connectivity index (χ0) is 10.7. The number of hydrogen-bond acceptors (Lipinski definition) is 3. The summed E-state index contributed by atoms with van der Waals surface area (Å²) in [5, 5.41) is 17.4. The van der Waals surface area contributed by atoms with E-state index in [1.807, 2.05) is 26.8 Å². The van der Waals surface area contributed by atoms with Crippen LogP contribution in [0.1, 0.15) is 20.9 Å². The fourth-order valence-corrected chi connectivity index (χ4v) is 2.49. The van der Waals surface area contributed by atoms with Gasteiger partial charge in [-0.05, 0) is 26.3 Å². The Labute approximate surface area is 87.7 Å². The average Bonchev–Trinajstić information content (AvgIpc) is 2.39. The molecule has 0 saturated heterocycles. The normalized spacial score (nSPS) is 10.8. The van der Waals surface area contributed by atoms with Crippen molar-refractivity contribution >= 4 is 16.9 Å². The highest BCUT2D eigenvalue weighted by Gasteiger charge is 2.12. The van der Waals surface area contributed by atoms with E-state index >= 15 is 0 Å². The van der Waals surface area contributed by atoms with Gasteiger partial charge in [-0.15, -0.1) is 11.3 Å². The van der Waals surface area contributed by atoms with E-state index in [-0.39, 0.29) is 0 Å². The van der Waals surface area contributed by atoms with E-state index in [2.05, 4.69) is 6.07 Å². The molecular formula is C11H10N2S. The summed E-state index contributed by atoms with van der Waals surface area (Å²) in [4.78, 5) is 2.31. The first-order valence-electron chi connectivity index (χ1n) is 4.18. The highest BCUT2D eigenvalue weighted by Crippen LogP contribution is 2.31. The van der Waals surface area contributed by atoms with E-state index in [0.717, 1.165) is 16.0 Å². The first kappa shape index (κ1) is 10.5. The highest BCUT2D eigenvalue weighted by atomic mass is 32.1. The molecule has 2 nitrogen and oxygen atoms in total. The topological polar surface area (TPSA) is 47.6 Å². The largest absolute Gasteiger partial charge is 0.193 e. The van der Waals surface area contributed by atoms with Gasteiger partial charge < -0.3 is 0 Å². The second-order valence-corrected chi connectivity index (χ2v) is 4.44. The van der Waals surface area contributed by atoms with Crippen LogP contribution in [0.2, 0.25) is 0 Å². The molecule has 0 aliphatic carbocycles. The van der Waals surface area contributed by atoms with Gasteiger partial charge >= 0.3 is 0 Å². The molecule has 14 heavy (non-hydrogen) atoms. The number of nitriles is 2. The van der Waals surface area contributed by atoms with Crippen LogP contribution in [-0.2, 0) is 0 Å². The molecule has 1 rings (SSSR count). The van der Waals surface area contributed by atoms with E-state index in [9.17, 15) is 0 Å². The van der Waals surface area contributed by atoms with Crippen molar-refractivity contribution in [3.8, 4) is 12.1 Å². The predicted octanol–water partition coefficient (Wildman–Crippen LogP) is 3.10. The number of allylic oxidation sites excluding steroid dienone is 2. The lowest BCUT2D eigenvalue weighted by Crippen LogP contribution is -1.85. The smallest absolute Gasteiger partial charge is 0.101 e. The monoisotopic (exact) mass is 202 g/mol. The van der Waals surface area contributed by atoms with Crippen molar-refractivity contribution in [3.63, 3.8) is 0 Å². The zero-order valence-corrected chi connectivity index (χ0v) is 9.20. The Bertz CT molecular complexity index is 467. The van der Waals surface area contributed by atoms with Crippen molar-refractivity contribution in [2.75, 3.05) is 0 Å². The molecule has 0 aliphatic heterocycles. The summed E-state index contributed by atoms with van der Waals surface area (Å²) in [5.41, 5.74) is 2.50. The summed E-state index contributed by atoms with van der Waals surface area (Å²) in [6.45, 7) is 5.98. The average molecular weight is 202 g/mol. The number of thiophene rings is 1. The molecule has 3 heteroatoms. The van der Waals surface area contributed by atoms with Crippen molar-refractivity contribution in [1.29, 1.82) is 10.5 Å². The van der Waals surface area contributed by atoms with Gasteiger partial charge in [0.15, 0.2) is 0 Å². The number of hydrogen-bond donors (Lipinski definition) is 0. The molecule has 0 fully saturated rings. The first-order chi connectivity index (χ1) is 6.61. The van der Waals surface area contributed by atoms with Crippen molar-refractivity contribution in [1.82, 2.24) is 0 Å². The zero-order valence-electron chi connectivity index (χ0n) is 8.38. The highest BCUT2D eigenvalue weighted by molar-refractivity contribution is 7.12. The summed E-state index contributed by atoms with van der Waals surface area (Å²) < 4.78 is 0. The molecular weight excluding hydrogens is 192 g/mol. The van der Waals surface area contributed by atoms with Crippen LogP contribution in [0, 0.1) is 43.4 Å². The lowest BCUT2D eigenvalue weighted by atomic mass is 10.0. The molecule has 0 N–H and O–H groups in total. The molecule has 70 valence electrons. The minimum atomic E-state index is 0.465. The summed E-state index contributed by atoms with van der Waals surface area (Å²) in [7, 11) is 0. The van der Waals surface area contributed by atoms with Gasteiger partial charge in [-0.25, -0.2) is 0 Å². The van der Waals surface area contributed by atoms with Crippen LogP contribution in [0.3, 0.4) is 0 Å². The fourth-order valence-electron chi connectivity index (χ4n) is 1.41. The van der Waals surface area contributed by atoms with Gasteiger partial charge in [-0.3, -0.25) is 0 Å². The summed E-state index contributed by atoms with van der Waals surface area (Å²) >= 11 is 1.66. The molecule has 0 bridgehead atoms. The van der Waals surface area contributed by atoms with Crippen LogP contribution < -0.4 is 0 Å². The Morgan fingerprint density at radius 1 is 1.21 bits per heavy atom. The Morgan fingerprint density at radius 3 is 2.21 bits per heavy atom. The lowest BCUT2D eigenvalue weighted by Gasteiger charge is -1.98. The first-order valence-corrected chi connectivity index (χ1v) is 5.00. The number of rotatable bonds is 1. The molecule has 0 saturated carbocycles. The maximum atomic E-state index is 8.90. The van der Waals surface area contributed by atoms with E-state index in [0.29, 0.717) is 5.57 Å². The SMILES string of the molecule is Cc1sc(C)c(/C(C#N)=C\C#N)c1C. The molecule has 1 aromatic rings. The van der Waals surface area contributed by atoms with Crippen LogP contribution in [-0.4, -0.2) is 0 Å². The molecule has 0 amide bonds. The van der Waals surface area contributed by atoms with Gasteiger partial charge in [0, 0.05) is 21.4 Å². The van der Waals surface area contributed by atoms with Crippen LogP contribution >= 0.6 is 11.3 Å². The predicted molar refractivity (Wildman–Crippen MR) is 57.7 cm³/mol. The minimum Gasteiger partial charge on any atom is -0.193 e. The standard InChI is InChI=1S/C11H10N2S/c1-7-8(2)14-9(3)11(7)10(6-13)4-5-12/h4H,1-3H3/b10-4-. The molecule has 0 aromatic carbocycles. The summed E-state index contributed by atoms with van der Waals surface area (Å²) in [5.74, 6) is 0. The molecule has 0 unspecified atom stereocenters. The fraction of sp³-hybridized carbons (Fsp3) is 0.273. The van der Waals surface area contributed by atoms with Crippen LogP contribution in [0.5, 0.6) is 0 Å². The summed E-state index contributed by atoms with van der Waals surface area (Å²) in [6.07, 6.45) is 1.31. The van der Waals surface area contributed by atoms with Crippen molar-refractivity contribution < 1.29 is 0 Å². The Kier molecular flexibility index (Phi) is 3.06. The van der Waals surface area contributed by atoms with E-state index < -0.39 is 0 Å². The van der Waals surface area contributed by atoms with Gasteiger partial charge in [0.25, 0.3) is 0 Å². The van der Waals surface area contributed by atoms with Crippen molar-refractivity contribution in [2.24, 2.45) is 0 Å². The second-order valence-electron chi connectivity index (χ2n) is 3.01. The van der Waals surface area contributed by atoms with Crippen molar-refractivity contribution in [2.45, 2.75) is 20.8 Å². The molecule has 0 aliphatic rings. The van der Waals surface area contributed by atoms with Crippen LogP contribution in [0.25, 0.3) is 5.57 Å². The molecule has 1 heterocycles. The maximum Gasteiger partial charge on any atom is 0.101 e. The lowest BCUT2D eigenvalue weighted by molar-refractivity contribution is 1.39. The quantitative estimate of drug-likeness (QED) is 0.657. The third-order valence-electron chi connectivity index (χ3n) is 2.16. The molecule has 0 atom stereocenters. The van der Waals surface area contributed by atoms with Crippen LogP contribution in [0.4, 0.5) is 0 Å².